The highest BCUT2D eigenvalue weighted by Crippen LogP contribution is 2.24. The minimum atomic E-state index is -3.86. The van der Waals surface area contributed by atoms with Gasteiger partial charge < -0.3 is 19.7 Å². The molecule has 9 nitrogen and oxygen atoms in total. The molecule has 0 aromatic heterocycles. The van der Waals surface area contributed by atoms with E-state index in [4.69, 9.17) is 9.47 Å². The molecule has 0 bridgehead atoms. The Morgan fingerprint density at radius 3 is 2.26 bits per heavy atom. The van der Waals surface area contributed by atoms with Crippen molar-refractivity contribution in [3.8, 4) is 5.75 Å². The molecule has 0 spiro atoms. The second-order valence-corrected chi connectivity index (χ2v) is 10.2. The first-order valence-corrected chi connectivity index (χ1v) is 13.1. The number of aryl methyl sites for hydroxylation is 1. The zero-order valence-corrected chi connectivity index (χ0v) is 21.1. The van der Waals surface area contributed by atoms with Crippen LogP contribution in [0, 0.1) is 6.92 Å². The van der Waals surface area contributed by atoms with Gasteiger partial charge in [-0.25, -0.2) is 17.9 Å². The molecule has 35 heavy (non-hydrogen) atoms. The average molecular weight is 504 g/mol. The second kappa shape index (κ2) is 12.0. The zero-order valence-electron chi connectivity index (χ0n) is 20.3. The van der Waals surface area contributed by atoms with Crippen LogP contribution in [0.3, 0.4) is 0 Å². The van der Waals surface area contributed by atoms with Crippen LogP contribution in [0.15, 0.2) is 53.4 Å². The Labute approximate surface area is 206 Å². The summed E-state index contributed by atoms with van der Waals surface area (Å²) < 4.78 is 39.0. The average Bonchev–Trinajstić information content (AvgIpc) is 2.84. The first-order valence-electron chi connectivity index (χ1n) is 11.7. The Hall–Kier alpha value is -3.11. The fraction of sp³-hybridized carbons (Fsp3) is 0.440. The Kier molecular flexibility index (Phi) is 9.11. The van der Waals surface area contributed by atoms with Gasteiger partial charge in [0.25, 0.3) is 0 Å². The molecule has 1 aliphatic rings. The van der Waals surface area contributed by atoms with Crippen molar-refractivity contribution in [1.82, 2.24) is 14.9 Å². The number of amides is 2. The minimum absolute atomic E-state index is 0.0739. The van der Waals surface area contributed by atoms with Crippen molar-refractivity contribution in [2.75, 3.05) is 26.8 Å². The first-order chi connectivity index (χ1) is 16.7. The summed E-state index contributed by atoms with van der Waals surface area (Å²) in [6, 6.07) is 12.6. The molecule has 1 saturated heterocycles. The summed E-state index contributed by atoms with van der Waals surface area (Å²) in [6.45, 7) is 4.95. The van der Waals surface area contributed by atoms with E-state index < -0.39 is 16.1 Å². The van der Waals surface area contributed by atoms with Crippen molar-refractivity contribution < 1.29 is 27.5 Å². The van der Waals surface area contributed by atoms with E-state index in [9.17, 15) is 18.0 Å². The fourth-order valence-electron chi connectivity index (χ4n) is 3.93. The van der Waals surface area contributed by atoms with Crippen LogP contribution in [-0.2, 0) is 19.6 Å². The predicted octanol–water partition coefficient (Wildman–Crippen LogP) is 3.15. The molecule has 2 aromatic rings. The van der Waals surface area contributed by atoms with Crippen molar-refractivity contribution in [3.05, 3.63) is 59.7 Å². The maximum Gasteiger partial charge on any atom is 0.409 e. The Balaban J connectivity index is 1.69. The highest BCUT2D eigenvalue weighted by atomic mass is 32.2. The number of benzene rings is 2. The number of carbonyl (C=O) groups excluding carboxylic acids is 2. The lowest BCUT2D eigenvalue weighted by molar-refractivity contribution is -0.122. The molecule has 2 amide bonds. The fourth-order valence-corrected chi connectivity index (χ4v) is 5.15. The van der Waals surface area contributed by atoms with Crippen LogP contribution in [0.25, 0.3) is 0 Å². The van der Waals surface area contributed by atoms with E-state index in [2.05, 4.69) is 10.0 Å². The molecule has 1 atom stereocenters. The molecule has 10 heteroatoms. The van der Waals surface area contributed by atoms with Crippen LogP contribution in [0.4, 0.5) is 4.79 Å². The third-order valence-corrected chi connectivity index (χ3v) is 7.41. The summed E-state index contributed by atoms with van der Waals surface area (Å²) in [4.78, 5) is 26.6. The summed E-state index contributed by atoms with van der Waals surface area (Å²) in [5, 5.41) is 2.99. The molecular formula is C25H33N3O6S. The molecular weight excluding hydrogens is 470 g/mol. The van der Waals surface area contributed by atoms with Gasteiger partial charge in [0, 0.05) is 25.6 Å². The number of likely N-dealkylation sites (tertiary alicyclic amines) is 1. The lowest BCUT2D eigenvalue weighted by atomic mass is 10.0. The standard InChI is InChI=1S/C25H33N3O6S/c1-4-34-25(30)28-15-13-20(14-16-28)26-24(29)17-23(19-7-9-21(33-3)10-8-19)27-35(31,32)22-11-5-18(2)6-12-22/h5-12,20,23,27H,4,13-17H2,1-3H3,(H,26,29)/t23-/m0/s1. The van der Waals surface area contributed by atoms with Crippen molar-refractivity contribution in [2.24, 2.45) is 0 Å². The maximum atomic E-state index is 13.1. The van der Waals surface area contributed by atoms with Gasteiger partial charge in [-0.05, 0) is 56.5 Å². The number of hydrogen-bond donors (Lipinski definition) is 2. The molecule has 2 N–H and O–H groups in total. The van der Waals surface area contributed by atoms with E-state index in [-0.39, 0.29) is 29.4 Å². The second-order valence-electron chi connectivity index (χ2n) is 8.49. The topological polar surface area (TPSA) is 114 Å². The Morgan fingerprint density at radius 1 is 1.06 bits per heavy atom. The molecule has 0 radical (unpaired) electrons. The van der Waals surface area contributed by atoms with Gasteiger partial charge in [0.05, 0.1) is 24.7 Å². The van der Waals surface area contributed by atoms with E-state index >= 15 is 0 Å². The lowest BCUT2D eigenvalue weighted by Crippen LogP contribution is -2.47. The Morgan fingerprint density at radius 2 is 1.69 bits per heavy atom. The number of sulfonamides is 1. The molecule has 0 saturated carbocycles. The number of carbonyl (C=O) groups is 2. The third kappa shape index (κ3) is 7.43. The summed E-state index contributed by atoms with van der Waals surface area (Å²) in [5.74, 6) is 0.360. The van der Waals surface area contributed by atoms with Gasteiger partial charge in [-0.2, -0.15) is 0 Å². The van der Waals surface area contributed by atoms with Crippen LogP contribution in [0.5, 0.6) is 5.75 Å². The van der Waals surface area contributed by atoms with E-state index in [1.54, 1.807) is 67.5 Å². The molecule has 3 rings (SSSR count). The molecule has 0 aliphatic carbocycles. The monoisotopic (exact) mass is 503 g/mol. The van der Waals surface area contributed by atoms with Crippen LogP contribution < -0.4 is 14.8 Å². The van der Waals surface area contributed by atoms with Crippen molar-refractivity contribution in [2.45, 2.75) is 50.1 Å². The largest absolute Gasteiger partial charge is 0.497 e. The molecule has 0 unspecified atom stereocenters. The van der Waals surface area contributed by atoms with Crippen molar-refractivity contribution >= 4 is 22.0 Å². The SMILES string of the molecule is CCOC(=O)N1CCC(NC(=O)C[C@H](NS(=O)(=O)c2ccc(C)cc2)c2ccc(OC)cc2)CC1. The van der Waals surface area contributed by atoms with Crippen LogP contribution in [0.2, 0.25) is 0 Å². The van der Waals surface area contributed by atoms with Gasteiger partial charge >= 0.3 is 6.09 Å². The molecule has 1 aliphatic heterocycles. The van der Waals surface area contributed by atoms with Gasteiger partial charge in [-0.1, -0.05) is 29.8 Å². The van der Waals surface area contributed by atoms with E-state index in [1.807, 2.05) is 6.92 Å². The number of methoxy groups -OCH3 is 1. The quantitative estimate of drug-likeness (QED) is 0.543. The number of piperidine rings is 1. The summed E-state index contributed by atoms with van der Waals surface area (Å²) in [5.41, 5.74) is 1.60. The van der Waals surface area contributed by atoms with E-state index in [0.717, 1.165) is 5.56 Å². The van der Waals surface area contributed by atoms with Gasteiger partial charge in [0.2, 0.25) is 15.9 Å². The maximum absolute atomic E-state index is 13.1. The summed E-state index contributed by atoms with van der Waals surface area (Å²) >= 11 is 0. The molecule has 2 aromatic carbocycles. The molecule has 1 heterocycles. The van der Waals surface area contributed by atoms with Crippen LogP contribution >= 0.6 is 0 Å². The summed E-state index contributed by atoms with van der Waals surface area (Å²) in [7, 11) is -2.31. The summed E-state index contributed by atoms with van der Waals surface area (Å²) in [6.07, 6.45) is 0.789. The van der Waals surface area contributed by atoms with Crippen molar-refractivity contribution in [1.29, 1.82) is 0 Å². The minimum Gasteiger partial charge on any atom is -0.497 e. The molecule has 190 valence electrons. The number of hydrogen-bond acceptors (Lipinski definition) is 6. The number of rotatable bonds is 9. The lowest BCUT2D eigenvalue weighted by Gasteiger charge is -2.32. The third-order valence-electron chi connectivity index (χ3n) is 5.92. The van der Waals surface area contributed by atoms with Crippen LogP contribution in [0.1, 0.15) is 43.4 Å². The number of ether oxygens (including phenoxy) is 2. The van der Waals surface area contributed by atoms with Crippen molar-refractivity contribution in [3.63, 3.8) is 0 Å². The smallest absolute Gasteiger partial charge is 0.409 e. The highest BCUT2D eigenvalue weighted by molar-refractivity contribution is 7.89. The number of nitrogens with one attached hydrogen (secondary N) is 2. The zero-order chi connectivity index (χ0) is 25.4. The van der Waals surface area contributed by atoms with Gasteiger partial charge in [0.1, 0.15) is 5.75 Å². The molecule has 1 fully saturated rings. The first kappa shape index (κ1) is 26.5. The van der Waals surface area contributed by atoms with Gasteiger partial charge in [-0.3, -0.25) is 4.79 Å². The van der Waals surface area contributed by atoms with Gasteiger partial charge in [-0.15, -0.1) is 0 Å². The van der Waals surface area contributed by atoms with Gasteiger partial charge in [0.15, 0.2) is 0 Å². The highest BCUT2D eigenvalue weighted by Gasteiger charge is 2.27. The van der Waals surface area contributed by atoms with Crippen LogP contribution in [-0.4, -0.2) is 58.2 Å². The van der Waals surface area contributed by atoms with E-state index in [0.29, 0.717) is 43.9 Å². The van der Waals surface area contributed by atoms with E-state index in [1.165, 1.54) is 0 Å². The normalized spacial score (nSPS) is 15.3. The number of nitrogens with zero attached hydrogens (tertiary/aromatic N) is 1. The Bertz CT molecular complexity index is 1100. The predicted molar refractivity (Wildman–Crippen MR) is 132 cm³/mol.